The lowest BCUT2D eigenvalue weighted by atomic mass is 9.98. The Kier molecular flexibility index (Phi) is 1.89. The Morgan fingerprint density at radius 3 is 2.82 bits per heavy atom. The topological polar surface area (TPSA) is 56.0 Å². The van der Waals surface area contributed by atoms with E-state index >= 15 is 0 Å². The second-order valence-electron chi connectivity index (χ2n) is 2.37. The van der Waals surface area contributed by atoms with Crippen molar-refractivity contribution in [3.05, 3.63) is 28.1 Å². The molecule has 0 spiro atoms. The van der Waals surface area contributed by atoms with Gasteiger partial charge in [-0.3, -0.25) is 15.1 Å². The first-order valence-electron chi connectivity index (χ1n) is 3.19. The van der Waals surface area contributed by atoms with Crippen molar-refractivity contribution in [3.8, 4) is 0 Å². The highest BCUT2D eigenvalue weighted by atomic mass is 16.6. The van der Waals surface area contributed by atoms with Crippen molar-refractivity contribution < 1.29 is 4.92 Å². The van der Waals surface area contributed by atoms with Crippen molar-refractivity contribution in [2.75, 3.05) is 0 Å². The molecule has 0 radical (unpaired) electrons. The third-order valence-corrected chi connectivity index (χ3v) is 1.39. The summed E-state index contributed by atoms with van der Waals surface area (Å²) in [6.45, 7) is 1.62. The number of nitro groups is 1. The number of nitrogens with zero attached hydrogens (tertiary/aromatic N) is 2. The van der Waals surface area contributed by atoms with Crippen LogP contribution in [0.5, 0.6) is 0 Å². The maximum atomic E-state index is 10.3. The summed E-state index contributed by atoms with van der Waals surface area (Å²) in [5.41, 5.74) is 1.35. The lowest BCUT2D eigenvalue weighted by Crippen LogP contribution is -2.06. The maximum Gasteiger partial charge on any atom is 0.289 e. The molecule has 1 rings (SSSR count). The summed E-state index contributed by atoms with van der Waals surface area (Å²) in [5.74, 6) is 0. The summed E-state index contributed by atoms with van der Waals surface area (Å²) in [7, 11) is 1.78. The lowest BCUT2D eigenvalue weighted by Gasteiger charge is -1.95. The van der Waals surface area contributed by atoms with Crippen LogP contribution in [0.15, 0.2) is 12.3 Å². The van der Waals surface area contributed by atoms with Crippen molar-refractivity contribution in [1.29, 1.82) is 0 Å². The predicted molar refractivity (Wildman–Crippen MR) is 43.8 cm³/mol. The van der Waals surface area contributed by atoms with E-state index in [0.717, 1.165) is 5.46 Å². The summed E-state index contributed by atoms with van der Waals surface area (Å²) < 4.78 is 0. The van der Waals surface area contributed by atoms with Crippen LogP contribution in [0.3, 0.4) is 0 Å². The van der Waals surface area contributed by atoms with Crippen LogP contribution in [0.1, 0.15) is 5.69 Å². The Labute approximate surface area is 64.8 Å². The third kappa shape index (κ3) is 1.55. The molecule has 5 heteroatoms. The highest BCUT2D eigenvalue weighted by Gasteiger charge is 2.09. The quantitative estimate of drug-likeness (QED) is 0.309. The van der Waals surface area contributed by atoms with Gasteiger partial charge in [0.25, 0.3) is 5.69 Å². The van der Waals surface area contributed by atoms with E-state index in [1.54, 1.807) is 21.0 Å². The Morgan fingerprint density at radius 2 is 2.36 bits per heavy atom. The van der Waals surface area contributed by atoms with Gasteiger partial charge in [0.1, 0.15) is 13.5 Å². The molecule has 0 N–H and O–H groups in total. The van der Waals surface area contributed by atoms with Crippen LogP contribution < -0.4 is 5.46 Å². The van der Waals surface area contributed by atoms with E-state index in [1.807, 2.05) is 0 Å². The minimum absolute atomic E-state index is 0.0880. The van der Waals surface area contributed by atoms with Crippen molar-refractivity contribution in [2.24, 2.45) is 0 Å². The molecule has 1 aromatic heterocycles. The van der Waals surface area contributed by atoms with Gasteiger partial charge in [-0.05, 0) is 6.92 Å². The second kappa shape index (κ2) is 2.69. The van der Waals surface area contributed by atoms with Crippen molar-refractivity contribution >= 4 is 19.0 Å². The van der Waals surface area contributed by atoms with Crippen molar-refractivity contribution in [3.63, 3.8) is 0 Å². The fourth-order valence-electron chi connectivity index (χ4n) is 0.807. The van der Waals surface area contributed by atoms with Gasteiger partial charge in [0.2, 0.25) is 0 Å². The fraction of sp³-hybridized carbons (Fsp3) is 0.167. The van der Waals surface area contributed by atoms with E-state index in [2.05, 4.69) is 4.98 Å². The van der Waals surface area contributed by atoms with Gasteiger partial charge >= 0.3 is 0 Å². The third-order valence-electron chi connectivity index (χ3n) is 1.39. The molecule has 0 aliphatic heterocycles. The molecule has 0 aliphatic rings. The molecule has 0 unspecified atom stereocenters. The molecule has 11 heavy (non-hydrogen) atoms. The molecule has 0 atom stereocenters. The number of rotatable bonds is 1. The molecule has 4 nitrogen and oxygen atoms in total. The van der Waals surface area contributed by atoms with Gasteiger partial charge in [-0.1, -0.05) is 5.46 Å². The average molecular weight is 150 g/mol. The highest BCUT2D eigenvalue weighted by Crippen LogP contribution is 2.10. The van der Waals surface area contributed by atoms with Gasteiger partial charge in [-0.2, -0.15) is 0 Å². The molecule has 56 valence electrons. The molecular weight excluding hydrogens is 143 g/mol. The van der Waals surface area contributed by atoms with Crippen LogP contribution in [-0.4, -0.2) is 17.8 Å². The highest BCUT2D eigenvalue weighted by molar-refractivity contribution is 6.32. The zero-order valence-corrected chi connectivity index (χ0v) is 6.37. The minimum Gasteiger partial charge on any atom is -0.258 e. The number of aryl methyl sites for hydroxylation is 1. The molecule has 0 aliphatic carbocycles. The van der Waals surface area contributed by atoms with Gasteiger partial charge in [-0.25, -0.2) is 0 Å². The summed E-state index contributed by atoms with van der Waals surface area (Å²) >= 11 is 0. The first-order valence-corrected chi connectivity index (χ1v) is 3.19. The number of aromatic nitrogens is 1. The number of pyridine rings is 1. The molecule has 0 bridgehead atoms. The van der Waals surface area contributed by atoms with Crippen molar-refractivity contribution in [2.45, 2.75) is 6.92 Å². The van der Waals surface area contributed by atoms with Crippen molar-refractivity contribution in [1.82, 2.24) is 4.98 Å². The Balaban J connectivity index is 3.23. The second-order valence-corrected chi connectivity index (χ2v) is 2.37. The summed E-state index contributed by atoms with van der Waals surface area (Å²) in [4.78, 5) is 13.8. The van der Waals surface area contributed by atoms with E-state index in [-0.39, 0.29) is 5.69 Å². The monoisotopic (exact) mass is 150 g/mol. The van der Waals surface area contributed by atoms with E-state index < -0.39 is 4.92 Å². The van der Waals surface area contributed by atoms with E-state index in [4.69, 9.17) is 0 Å². The van der Waals surface area contributed by atoms with E-state index in [0.29, 0.717) is 5.69 Å². The molecule has 0 fully saturated rings. The number of hydrogen-bond donors (Lipinski definition) is 0. The van der Waals surface area contributed by atoms with Gasteiger partial charge < -0.3 is 0 Å². The predicted octanol–water partition coefficient (Wildman–Crippen LogP) is -0.443. The Hall–Kier alpha value is -1.39. The number of hydrogen-bond acceptors (Lipinski definition) is 3. The fourth-order valence-corrected chi connectivity index (χ4v) is 0.807. The molecule has 0 saturated heterocycles. The Morgan fingerprint density at radius 1 is 1.73 bits per heavy atom. The van der Waals surface area contributed by atoms with Gasteiger partial charge in [0, 0.05) is 12.3 Å². The average Bonchev–Trinajstić information content (AvgIpc) is 1.94. The Bertz CT molecular complexity index is 301. The summed E-state index contributed by atoms with van der Waals surface area (Å²) in [5, 5.41) is 10.3. The van der Waals surface area contributed by atoms with Gasteiger partial charge in [0.05, 0.1) is 4.92 Å². The first-order chi connectivity index (χ1) is 5.11. The molecular formula is C6H7BN2O2. The molecule has 0 amide bonds. The molecule has 0 aromatic carbocycles. The SMILES string of the molecule is Bc1cnc(C)c([N+](=O)[O-])c1. The van der Waals surface area contributed by atoms with Crippen LogP contribution in [0, 0.1) is 17.0 Å². The van der Waals surface area contributed by atoms with Gasteiger partial charge in [0.15, 0.2) is 0 Å². The maximum absolute atomic E-state index is 10.3. The normalized spacial score (nSPS) is 9.55. The molecule has 1 heterocycles. The summed E-state index contributed by atoms with van der Waals surface area (Å²) in [6, 6.07) is 1.52. The molecule has 0 saturated carbocycles. The molecule has 1 aromatic rings. The lowest BCUT2D eigenvalue weighted by molar-refractivity contribution is -0.385. The minimum atomic E-state index is -0.421. The van der Waals surface area contributed by atoms with Gasteiger partial charge in [-0.15, -0.1) is 0 Å². The largest absolute Gasteiger partial charge is 0.289 e. The zero-order chi connectivity index (χ0) is 8.43. The standard InChI is InChI=1S/C6H7BN2O2/c1-4-6(9(10)11)2-5(7)3-8-4/h2-3H,7H2,1H3. The van der Waals surface area contributed by atoms with Crippen LogP contribution in [0.4, 0.5) is 5.69 Å². The smallest absolute Gasteiger partial charge is 0.258 e. The summed E-state index contributed by atoms with van der Waals surface area (Å²) in [6.07, 6.45) is 1.61. The van der Waals surface area contributed by atoms with Crippen LogP contribution in [-0.2, 0) is 0 Å². The first kappa shape index (κ1) is 7.72. The van der Waals surface area contributed by atoms with Crippen LogP contribution in [0.25, 0.3) is 0 Å². The van der Waals surface area contributed by atoms with E-state index in [1.165, 1.54) is 6.07 Å². The zero-order valence-electron chi connectivity index (χ0n) is 6.37. The van der Waals surface area contributed by atoms with Crippen LogP contribution in [0.2, 0.25) is 0 Å². The van der Waals surface area contributed by atoms with E-state index in [9.17, 15) is 10.1 Å². The van der Waals surface area contributed by atoms with Crippen LogP contribution >= 0.6 is 0 Å².